The third kappa shape index (κ3) is 6.05. The molecule has 38 heavy (non-hydrogen) atoms. The van der Waals surface area contributed by atoms with Crippen LogP contribution >= 0.6 is 0 Å². The number of hydrogen-bond donors (Lipinski definition) is 2. The summed E-state index contributed by atoms with van der Waals surface area (Å²) in [6.45, 7) is 10.4. The SMILES string of the molecule is CCc1nc2cc(C(=O)N[C@@H](C)c3cccc(C(C)C)c3)ccc2n1Cc1cccc(OC(C)C(=O)O)c1. The Hall–Kier alpha value is -4.13. The van der Waals surface area contributed by atoms with Crippen molar-refractivity contribution in [3.63, 3.8) is 0 Å². The summed E-state index contributed by atoms with van der Waals surface area (Å²) in [5.41, 5.74) is 5.54. The summed E-state index contributed by atoms with van der Waals surface area (Å²) in [4.78, 5) is 29.1. The molecule has 4 rings (SSSR count). The number of fused-ring (bicyclic) bond motifs is 1. The third-order valence-corrected chi connectivity index (χ3v) is 6.73. The predicted octanol–water partition coefficient (Wildman–Crippen LogP) is 6.11. The first-order valence-corrected chi connectivity index (χ1v) is 13.0. The summed E-state index contributed by atoms with van der Waals surface area (Å²) in [5, 5.41) is 12.3. The van der Waals surface area contributed by atoms with E-state index in [4.69, 9.17) is 14.8 Å². The molecule has 4 aromatic rings. The van der Waals surface area contributed by atoms with Gasteiger partial charge < -0.3 is 19.7 Å². The molecule has 0 spiro atoms. The molecule has 1 unspecified atom stereocenters. The minimum Gasteiger partial charge on any atom is -0.479 e. The number of carbonyl (C=O) groups is 2. The Labute approximate surface area is 223 Å². The van der Waals surface area contributed by atoms with Crippen molar-refractivity contribution in [1.82, 2.24) is 14.9 Å². The fourth-order valence-corrected chi connectivity index (χ4v) is 4.47. The number of carboxylic acids is 1. The average Bonchev–Trinajstić information content (AvgIpc) is 3.25. The highest BCUT2D eigenvalue weighted by atomic mass is 16.5. The molecule has 2 N–H and O–H groups in total. The van der Waals surface area contributed by atoms with Crippen LogP contribution in [-0.4, -0.2) is 32.6 Å². The zero-order chi connectivity index (χ0) is 27.4. The van der Waals surface area contributed by atoms with Gasteiger partial charge in [-0.1, -0.05) is 57.2 Å². The maximum atomic E-state index is 13.1. The van der Waals surface area contributed by atoms with Crippen LogP contribution in [0.5, 0.6) is 5.75 Å². The first kappa shape index (κ1) is 26.9. The lowest BCUT2D eigenvalue weighted by molar-refractivity contribution is -0.144. The minimum absolute atomic E-state index is 0.126. The number of benzene rings is 3. The minimum atomic E-state index is -1.01. The zero-order valence-electron chi connectivity index (χ0n) is 22.6. The van der Waals surface area contributed by atoms with E-state index in [1.54, 1.807) is 6.07 Å². The first-order valence-electron chi connectivity index (χ1n) is 13.0. The summed E-state index contributed by atoms with van der Waals surface area (Å²) < 4.78 is 7.66. The summed E-state index contributed by atoms with van der Waals surface area (Å²) in [6.07, 6.45) is -0.206. The number of aromatic nitrogens is 2. The highest BCUT2D eigenvalue weighted by Crippen LogP contribution is 2.24. The molecule has 0 fully saturated rings. The number of rotatable bonds is 10. The second-order valence-electron chi connectivity index (χ2n) is 9.94. The van der Waals surface area contributed by atoms with Crippen LogP contribution in [0.2, 0.25) is 0 Å². The van der Waals surface area contributed by atoms with Crippen molar-refractivity contribution in [3.8, 4) is 5.75 Å². The summed E-state index contributed by atoms with van der Waals surface area (Å²) in [7, 11) is 0. The number of nitrogens with one attached hydrogen (secondary N) is 1. The molecule has 7 nitrogen and oxygen atoms in total. The number of aliphatic carboxylic acids is 1. The molecular formula is C31H35N3O4. The van der Waals surface area contributed by atoms with Crippen LogP contribution in [0.1, 0.15) is 79.5 Å². The highest BCUT2D eigenvalue weighted by molar-refractivity contribution is 5.97. The van der Waals surface area contributed by atoms with Crippen molar-refractivity contribution in [2.75, 3.05) is 0 Å². The number of nitrogens with zero attached hydrogens (tertiary/aromatic N) is 2. The molecule has 1 heterocycles. The van der Waals surface area contributed by atoms with E-state index in [0.717, 1.165) is 34.4 Å². The van der Waals surface area contributed by atoms with Crippen LogP contribution in [0.4, 0.5) is 0 Å². The Bertz CT molecular complexity index is 1460. The fourth-order valence-electron chi connectivity index (χ4n) is 4.47. The topological polar surface area (TPSA) is 93.5 Å². The number of carboxylic acid groups (broad SMARTS) is 1. The van der Waals surface area contributed by atoms with Gasteiger partial charge in [-0.2, -0.15) is 0 Å². The number of aryl methyl sites for hydroxylation is 1. The Balaban J connectivity index is 1.55. The van der Waals surface area contributed by atoms with Gasteiger partial charge in [0.1, 0.15) is 11.6 Å². The normalized spacial score (nSPS) is 12.9. The van der Waals surface area contributed by atoms with Crippen LogP contribution < -0.4 is 10.1 Å². The number of imidazole rings is 1. The van der Waals surface area contributed by atoms with Gasteiger partial charge in [-0.15, -0.1) is 0 Å². The van der Waals surface area contributed by atoms with Crippen LogP contribution in [0, 0.1) is 0 Å². The smallest absolute Gasteiger partial charge is 0.344 e. The molecule has 198 valence electrons. The molecule has 0 saturated carbocycles. The van der Waals surface area contributed by atoms with Crippen LogP contribution in [0.25, 0.3) is 11.0 Å². The van der Waals surface area contributed by atoms with Gasteiger partial charge in [-0.3, -0.25) is 4.79 Å². The predicted molar refractivity (Wildman–Crippen MR) is 149 cm³/mol. The lowest BCUT2D eigenvalue weighted by atomic mass is 9.98. The van der Waals surface area contributed by atoms with E-state index < -0.39 is 12.1 Å². The molecule has 1 amide bonds. The van der Waals surface area contributed by atoms with Gasteiger partial charge in [0, 0.05) is 18.5 Å². The van der Waals surface area contributed by atoms with E-state index in [9.17, 15) is 9.59 Å². The zero-order valence-corrected chi connectivity index (χ0v) is 22.6. The summed E-state index contributed by atoms with van der Waals surface area (Å²) in [5.74, 6) is 0.682. The highest BCUT2D eigenvalue weighted by Gasteiger charge is 2.17. The molecular weight excluding hydrogens is 478 g/mol. The van der Waals surface area contributed by atoms with Gasteiger partial charge in [0.2, 0.25) is 0 Å². The van der Waals surface area contributed by atoms with E-state index in [0.29, 0.717) is 23.8 Å². The first-order chi connectivity index (χ1) is 18.2. The van der Waals surface area contributed by atoms with Gasteiger partial charge in [0.25, 0.3) is 5.91 Å². The van der Waals surface area contributed by atoms with Crippen molar-refractivity contribution in [2.24, 2.45) is 0 Å². The van der Waals surface area contributed by atoms with Crippen LogP contribution in [0.15, 0.2) is 66.7 Å². The number of amides is 1. The molecule has 7 heteroatoms. The number of hydrogen-bond acceptors (Lipinski definition) is 4. The van der Waals surface area contributed by atoms with E-state index in [2.05, 4.69) is 35.9 Å². The lowest BCUT2D eigenvalue weighted by Crippen LogP contribution is -2.26. The van der Waals surface area contributed by atoms with Crippen LogP contribution in [-0.2, 0) is 17.8 Å². The van der Waals surface area contributed by atoms with Gasteiger partial charge in [0.15, 0.2) is 6.10 Å². The third-order valence-electron chi connectivity index (χ3n) is 6.73. The van der Waals surface area contributed by atoms with Crippen molar-refractivity contribution in [2.45, 2.75) is 65.6 Å². The Kier molecular flexibility index (Phi) is 8.15. The van der Waals surface area contributed by atoms with Crippen molar-refractivity contribution in [1.29, 1.82) is 0 Å². The summed E-state index contributed by atoms with van der Waals surface area (Å²) >= 11 is 0. The van der Waals surface area contributed by atoms with E-state index in [-0.39, 0.29) is 11.9 Å². The molecule has 3 aromatic carbocycles. The number of carbonyl (C=O) groups excluding carboxylic acids is 1. The maximum absolute atomic E-state index is 13.1. The average molecular weight is 514 g/mol. The molecule has 0 aliphatic carbocycles. The quantitative estimate of drug-likeness (QED) is 0.267. The van der Waals surface area contributed by atoms with E-state index in [1.165, 1.54) is 12.5 Å². The second kappa shape index (κ2) is 11.5. The van der Waals surface area contributed by atoms with E-state index in [1.807, 2.05) is 62.4 Å². The van der Waals surface area contributed by atoms with Crippen molar-refractivity contribution >= 4 is 22.9 Å². The maximum Gasteiger partial charge on any atom is 0.344 e. The van der Waals surface area contributed by atoms with Crippen LogP contribution in [0.3, 0.4) is 0 Å². The lowest BCUT2D eigenvalue weighted by Gasteiger charge is -2.16. The molecule has 0 aliphatic rings. The van der Waals surface area contributed by atoms with Gasteiger partial charge in [0.05, 0.1) is 17.1 Å². The van der Waals surface area contributed by atoms with Gasteiger partial charge >= 0.3 is 5.97 Å². The largest absolute Gasteiger partial charge is 0.479 e. The monoisotopic (exact) mass is 513 g/mol. The number of ether oxygens (including phenoxy) is 1. The molecule has 0 saturated heterocycles. The Morgan fingerprint density at radius 3 is 2.42 bits per heavy atom. The fraction of sp³-hybridized carbons (Fsp3) is 0.323. The van der Waals surface area contributed by atoms with Crippen molar-refractivity contribution < 1.29 is 19.4 Å². The second-order valence-corrected chi connectivity index (χ2v) is 9.94. The standard InChI is InChI=1S/C31H35N3O4/c1-6-29-33-27-17-25(30(35)32-20(4)24-11-8-10-23(16-24)19(2)3)13-14-28(27)34(29)18-22-9-7-12-26(15-22)38-21(5)31(36)37/h7-17,19-21H,6,18H2,1-5H3,(H,32,35)(H,36,37)/t20-,21?/m0/s1. The van der Waals surface area contributed by atoms with Gasteiger partial charge in [-0.05, 0) is 66.8 Å². The van der Waals surface area contributed by atoms with E-state index >= 15 is 0 Å². The molecule has 0 bridgehead atoms. The summed E-state index contributed by atoms with van der Waals surface area (Å²) in [6, 6.07) is 21.2. The van der Waals surface area contributed by atoms with Gasteiger partial charge in [-0.25, -0.2) is 9.78 Å². The Morgan fingerprint density at radius 1 is 0.974 bits per heavy atom. The Morgan fingerprint density at radius 2 is 1.71 bits per heavy atom. The van der Waals surface area contributed by atoms with Crippen molar-refractivity contribution in [3.05, 3.63) is 94.8 Å². The molecule has 0 radical (unpaired) electrons. The molecule has 1 aromatic heterocycles. The molecule has 2 atom stereocenters. The molecule has 0 aliphatic heterocycles.